The SMILES string of the molecule is CC/C=C\C/C=C\C/C=C\C/C=C\C/C=C\C/C=C\CCCCC(=O)OCC(COC(=O)CCCCCCCCCCCCCCC)OC(=O)CCCC/C=C\C/C=C\C/C=C\C/C=C\CC. The van der Waals surface area contributed by atoms with Gasteiger partial charge in [-0.3, -0.25) is 14.4 Å². The van der Waals surface area contributed by atoms with Crippen molar-refractivity contribution in [3.05, 3.63) is 122 Å². The molecular formula is C61H98O6. The number of unbranched alkanes of at least 4 members (excludes halogenated alkanes) is 16. The first-order valence-electron chi connectivity index (χ1n) is 27.0. The Morgan fingerprint density at radius 2 is 0.582 bits per heavy atom. The summed E-state index contributed by atoms with van der Waals surface area (Å²) >= 11 is 0. The van der Waals surface area contributed by atoms with Gasteiger partial charge in [0.1, 0.15) is 13.2 Å². The van der Waals surface area contributed by atoms with Gasteiger partial charge in [0, 0.05) is 19.3 Å². The van der Waals surface area contributed by atoms with Gasteiger partial charge in [0.2, 0.25) is 0 Å². The van der Waals surface area contributed by atoms with Gasteiger partial charge in [0.25, 0.3) is 0 Å². The third-order valence-electron chi connectivity index (χ3n) is 11.0. The standard InChI is InChI=1S/C61H98O6/c1-4-7-10-13-16-19-22-25-27-28-29-30-31-32-34-36-39-42-45-48-51-54-60(63)66-57-58(56-65-59(62)53-50-47-44-41-38-35-24-21-18-15-12-9-6-3)67-61(64)55-52-49-46-43-40-37-33-26-23-20-17-14-11-8-5-2/h7-8,10-11,16-17,19-20,25-27,29-30,32-34,39-40,42-43,58H,4-6,9,12-15,18,21-24,28,31,35-38,41,44-57H2,1-3H3/b10-7-,11-8-,19-16-,20-17-,27-25-,30-29-,33-26-,34-32-,42-39-,43-40-. The molecule has 0 aliphatic carbocycles. The van der Waals surface area contributed by atoms with Crippen LogP contribution in [0.1, 0.15) is 226 Å². The van der Waals surface area contributed by atoms with Gasteiger partial charge >= 0.3 is 17.9 Å². The molecule has 0 bridgehead atoms. The molecule has 0 aliphatic heterocycles. The molecule has 0 aromatic carbocycles. The molecule has 0 radical (unpaired) electrons. The molecule has 0 heterocycles. The summed E-state index contributed by atoms with van der Waals surface area (Å²) in [7, 11) is 0. The first-order valence-corrected chi connectivity index (χ1v) is 27.0. The summed E-state index contributed by atoms with van der Waals surface area (Å²) in [5.41, 5.74) is 0. The highest BCUT2D eigenvalue weighted by atomic mass is 16.6. The lowest BCUT2D eigenvalue weighted by Crippen LogP contribution is -2.30. The van der Waals surface area contributed by atoms with Crippen LogP contribution in [0.5, 0.6) is 0 Å². The summed E-state index contributed by atoms with van der Waals surface area (Å²) in [5, 5.41) is 0. The van der Waals surface area contributed by atoms with Crippen molar-refractivity contribution in [3.8, 4) is 0 Å². The molecule has 67 heavy (non-hydrogen) atoms. The molecule has 1 atom stereocenters. The Morgan fingerprint density at radius 1 is 0.313 bits per heavy atom. The van der Waals surface area contributed by atoms with E-state index in [0.717, 1.165) is 109 Å². The third kappa shape index (κ3) is 52.6. The maximum Gasteiger partial charge on any atom is 0.306 e. The van der Waals surface area contributed by atoms with E-state index in [1.165, 1.54) is 64.2 Å². The van der Waals surface area contributed by atoms with Crippen LogP contribution in [0.4, 0.5) is 0 Å². The average molecular weight is 927 g/mol. The van der Waals surface area contributed by atoms with Crippen LogP contribution in [0.3, 0.4) is 0 Å². The van der Waals surface area contributed by atoms with Gasteiger partial charge in [0.15, 0.2) is 6.10 Å². The Balaban J connectivity index is 4.52. The highest BCUT2D eigenvalue weighted by Crippen LogP contribution is 2.14. The number of rotatable bonds is 47. The summed E-state index contributed by atoms with van der Waals surface area (Å²) in [6.07, 6.45) is 74.7. The number of ether oxygens (including phenoxy) is 3. The topological polar surface area (TPSA) is 78.9 Å². The number of esters is 3. The second-order valence-electron chi connectivity index (χ2n) is 17.4. The van der Waals surface area contributed by atoms with Crippen molar-refractivity contribution in [1.82, 2.24) is 0 Å². The van der Waals surface area contributed by atoms with E-state index < -0.39 is 6.10 Å². The van der Waals surface area contributed by atoms with Gasteiger partial charge in [0.05, 0.1) is 0 Å². The van der Waals surface area contributed by atoms with Crippen LogP contribution in [0.15, 0.2) is 122 Å². The van der Waals surface area contributed by atoms with Crippen LogP contribution in [0.2, 0.25) is 0 Å². The predicted molar refractivity (Wildman–Crippen MR) is 288 cm³/mol. The quantitative estimate of drug-likeness (QED) is 0.0262. The Hall–Kier alpha value is -4.19. The molecule has 0 aromatic rings. The van der Waals surface area contributed by atoms with Crippen LogP contribution in [0, 0.1) is 0 Å². The van der Waals surface area contributed by atoms with Crippen LogP contribution in [-0.4, -0.2) is 37.2 Å². The van der Waals surface area contributed by atoms with Crippen molar-refractivity contribution >= 4 is 17.9 Å². The Morgan fingerprint density at radius 3 is 0.910 bits per heavy atom. The molecule has 0 fully saturated rings. The predicted octanol–water partition coefficient (Wildman–Crippen LogP) is 18.1. The molecule has 0 aromatic heterocycles. The smallest absolute Gasteiger partial charge is 0.306 e. The number of hydrogen-bond acceptors (Lipinski definition) is 6. The van der Waals surface area contributed by atoms with E-state index >= 15 is 0 Å². The van der Waals surface area contributed by atoms with Crippen molar-refractivity contribution in [3.63, 3.8) is 0 Å². The molecule has 0 saturated carbocycles. The van der Waals surface area contributed by atoms with Crippen molar-refractivity contribution < 1.29 is 28.6 Å². The molecule has 0 spiro atoms. The summed E-state index contributed by atoms with van der Waals surface area (Å²) in [5.74, 6) is -1.00. The molecule has 6 heteroatoms. The lowest BCUT2D eigenvalue weighted by molar-refractivity contribution is -0.167. The van der Waals surface area contributed by atoms with E-state index in [2.05, 4.69) is 142 Å². The minimum Gasteiger partial charge on any atom is -0.462 e. The highest BCUT2D eigenvalue weighted by molar-refractivity contribution is 5.71. The second kappa shape index (κ2) is 54.4. The Labute approximate surface area is 412 Å². The largest absolute Gasteiger partial charge is 0.462 e. The first kappa shape index (κ1) is 62.8. The molecular weight excluding hydrogens is 829 g/mol. The minimum atomic E-state index is -0.819. The zero-order valence-corrected chi connectivity index (χ0v) is 43.1. The van der Waals surface area contributed by atoms with Crippen molar-refractivity contribution in [2.75, 3.05) is 13.2 Å². The second-order valence-corrected chi connectivity index (χ2v) is 17.4. The fourth-order valence-corrected chi connectivity index (χ4v) is 6.96. The number of hydrogen-bond donors (Lipinski definition) is 0. The van der Waals surface area contributed by atoms with E-state index in [0.29, 0.717) is 25.7 Å². The van der Waals surface area contributed by atoms with Gasteiger partial charge in [-0.1, -0.05) is 219 Å². The lowest BCUT2D eigenvalue weighted by Gasteiger charge is -2.18. The van der Waals surface area contributed by atoms with Crippen molar-refractivity contribution in [2.45, 2.75) is 232 Å². The normalized spacial score (nSPS) is 13.1. The number of allylic oxidation sites excluding steroid dienone is 20. The van der Waals surface area contributed by atoms with E-state index in [-0.39, 0.29) is 37.5 Å². The van der Waals surface area contributed by atoms with E-state index in [9.17, 15) is 14.4 Å². The summed E-state index contributed by atoms with van der Waals surface area (Å²) in [6.45, 7) is 6.33. The maximum atomic E-state index is 12.8. The van der Waals surface area contributed by atoms with Gasteiger partial charge in [-0.2, -0.15) is 0 Å². The molecule has 6 nitrogen and oxygen atoms in total. The Kier molecular flexibility index (Phi) is 51.0. The van der Waals surface area contributed by atoms with Gasteiger partial charge < -0.3 is 14.2 Å². The van der Waals surface area contributed by atoms with E-state index in [1.54, 1.807) is 0 Å². The molecule has 378 valence electrons. The van der Waals surface area contributed by atoms with Crippen LogP contribution in [0.25, 0.3) is 0 Å². The van der Waals surface area contributed by atoms with Gasteiger partial charge in [-0.15, -0.1) is 0 Å². The third-order valence-corrected chi connectivity index (χ3v) is 11.0. The zero-order chi connectivity index (χ0) is 48.6. The van der Waals surface area contributed by atoms with Gasteiger partial charge in [-0.05, 0) is 109 Å². The fourth-order valence-electron chi connectivity index (χ4n) is 6.96. The average Bonchev–Trinajstić information content (AvgIpc) is 3.33. The highest BCUT2D eigenvalue weighted by Gasteiger charge is 2.19. The lowest BCUT2D eigenvalue weighted by atomic mass is 10.0. The molecule has 0 aliphatic rings. The van der Waals surface area contributed by atoms with Gasteiger partial charge in [-0.25, -0.2) is 0 Å². The van der Waals surface area contributed by atoms with Crippen LogP contribution in [-0.2, 0) is 28.6 Å². The molecule has 1 unspecified atom stereocenters. The Bertz CT molecular complexity index is 1440. The van der Waals surface area contributed by atoms with E-state index in [4.69, 9.17) is 14.2 Å². The fraction of sp³-hybridized carbons (Fsp3) is 0.623. The minimum absolute atomic E-state index is 0.110. The number of carbonyl (C=O) groups is 3. The van der Waals surface area contributed by atoms with Crippen LogP contribution >= 0.6 is 0 Å². The molecule has 0 N–H and O–H groups in total. The molecule has 0 amide bonds. The first-order chi connectivity index (χ1) is 33.0. The number of carbonyl (C=O) groups excluding carboxylic acids is 3. The molecule has 0 rings (SSSR count). The summed E-state index contributed by atoms with van der Waals surface area (Å²) in [6, 6.07) is 0. The molecule has 0 saturated heterocycles. The van der Waals surface area contributed by atoms with E-state index in [1.807, 2.05) is 0 Å². The summed E-state index contributed by atoms with van der Waals surface area (Å²) < 4.78 is 16.7. The van der Waals surface area contributed by atoms with Crippen LogP contribution < -0.4 is 0 Å². The maximum absolute atomic E-state index is 12.8. The zero-order valence-electron chi connectivity index (χ0n) is 43.1. The van der Waals surface area contributed by atoms with Crippen molar-refractivity contribution in [2.24, 2.45) is 0 Å². The summed E-state index contributed by atoms with van der Waals surface area (Å²) in [4.78, 5) is 38.0. The monoisotopic (exact) mass is 927 g/mol. The van der Waals surface area contributed by atoms with Crippen molar-refractivity contribution in [1.29, 1.82) is 0 Å².